The number of aliphatic imine (C=N–C) groups is 1. The second-order valence-corrected chi connectivity index (χ2v) is 3.32. The Bertz CT molecular complexity index is 426. The van der Waals surface area contributed by atoms with Crippen LogP contribution in [0.4, 0.5) is 0 Å². The maximum absolute atomic E-state index is 11.1. The Kier molecular flexibility index (Phi) is 5.47. The van der Waals surface area contributed by atoms with E-state index in [1.807, 2.05) is 24.3 Å². The molecule has 5 nitrogen and oxygen atoms in total. The summed E-state index contributed by atoms with van der Waals surface area (Å²) in [6.45, 7) is 0.309. The van der Waals surface area contributed by atoms with Gasteiger partial charge in [0, 0.05) is 6.54 Å². The molecule has 17 heavy (non-hydrogen) atoms. The van der Waals surface area contributed by atoms with E-state index in [-0.39, 0.29) is 12.5 Å². The number of nitrogens with one attached hydrogen (secondary N) is 1. The molecule has 0 bridgehead atoms. The molecule has 0 saturated carbocycles. The van der Waals surface area contributed by atoms with Crippen LogP contribution < -0.4 is 10.1 Å². The van der Waals surface area contributed by atoms with Gasteiger partial charge in [-0.15, -0.1) is 0 Å². The van der Waals surface area contributed by atoms with Crippen molar-refractivity contribution in [1.82, 2.24) is 5.32 Å². The highest BCUT2D eigenvalue weighted by atomic mass is 16.5. The zero-order valence-corrected chi connectivity index (χ0v) is 9.60. The fraction of sp³-hybridized carbons (Fsp3) is 0.333. The van der Waals surface area contributed by atoms with E-state index in [1.165, 1.54) is 6.08 Å². The van der Waals surface area contributed by atoms with Crippen molar-refractivity contribution in [3.8, 4) is 5.75 Å². The van der Waals surface area contributed by atoms with Gasteiger partial charge >= 0.3 is 0 Å². The molecule has 1 aromatic rings. The van der Waals surface area contributed by atoms with Crippen LogP contribution in [-0.4, -0.2) is 32.2 Å². The van der Waals surface area contributed by atoms with Crippen LogP contribution in [0.3, 0.4) is 0 Å². The minimum absolute atomic E-state index is 0.171. The monoisotopic (exact) mass is 234 g/mol. The van der Waals surface area contributed by atoms with Crippen molar-refractivity contribution in [2.24, 2.45) is 4.99 Å². The third-order valence-corrected chi connectivity index (χ3v) is 2.20. The molecule has 0 unspecified atom stereocenters. The minimum atomic E-state index is -0.289. The molecule has 0 saturated heterocycles. The molecule has 1 aromatic carbocycles. The summed E-state index contributed by atoms with van der Waals surface area (Å²) in [5.74, 6) is 0.510. The lowest BCUT2D eigenvalue weighted by Crippen LogP contribution is -2.27. The van der Waals surface area contributed by atoms with Gasteiger partial charge < -0.3 is 10.1 Å². The van der Waals surface area contributed by atoms with Crippen LogP contribution in [-0.2, 0) is 16.0 Å². The number of benzene rings is 1. The van der Waals surface area contributed by atoms with Crippen LogP contribution in [0.25, 0.3) is 0 Å². The van der Waals surface area contributed by atoms with Gasteiger partial charge in [-0.2, -0.15) is 4.99 Å². The average molecular weight is 234 g/mol. The van der Waals surface area contributed by atoms with Crippen LogP contribution in [0.1, 0.15) is 5.56 Å². The third kappa shape index (κ3) is 4.49. The fourth-order valence-electron chi connectivity index (χ4n) is 1.41. The van der Waals surface area contributed by atoms with Crippen molar-refractivity contribution in [2.45, 2.75) is 6.42 Å². The lowest BCUT2D eigenvalue weighted by Gasteiger charge is -2.08. The molecule has 0 fully saturated rings. The second-order valence-electron chi connectivity index (χ2n) is 3.32. The molecule has 0 heterocycles. The predicted molar refractivity (Wildman–Crippen MR) is 62.7 cm³/mol. The number of hydrogen-bond donors (Lipinski definition) is 1. The number of nitrogens with zero attached hydrogens (tertiary/aromatic N) is 1. The van der Waals surface area contributed by atoms with E-state index >= 15 is 0 Å². The molecule has 1 amide bonds. The molecule has 0 radical (unpaired) electrons. The zero-order valence-electron chi connectivity index (χ0n) is 9.60. The van der Waals surface area contributed by atoms with Crippen molar-refractivity contribution in [1.29, 1.82) is 0 Å². The first kappa shape index (κ1) is 12.9. The molecule has 90 valence electrons. The molecule has 0 aliphatic heterocycles. The Morgan fingerprint density at radius 2 is 2.24 bits per heavy atom. The largest absolute Gasteiger partial charge is 0.496 e. The third-order valence-electron chi connectivity index (χ3n) is 2.20. The Balaban J connectivity index is 2.40. The summed E-state index contributed by atoms with van der Waals surface area (Å²) < 4.78 is 5.19. The highest BCUT2D eigenvalue weighted by molar-refractivity contribution is 5.78. The van der Waals surface area contributed by atoms with Gasteiger partial charge in [-0.25, -0.2) is 4.79 Å². The summed E-state index contributed by atoms with van der Waals surface area (Å²) >= 11 is 0. The lowest BCUT2D eigenvalue weighted by molar-refractivity contribution is -0.119. The second kappa shape index (κ2) is 7.19. The molecule has 5 heteroatoms. The number of para-hydroxylation sites is 1. The summed E-state index contributed by atoms with van der Waals surface area (Å²) in [6, 6.07) is 7.61. The molecular weight excluding hydrogens is 220 g/mol. The molecule has 0 aliphatic carbocycles. The van der Waals surface area contributed by atoms with Gasteiger partial charge in [-0.05, 0) is 18.1 Å². The van der Waals surface area contributed by atoms with E-state index in [9.17, 15) is 9.59 Å². The van der Waals surface area contributed by atoms with Crippen LogP contribution >= 0.6 is 0 Å². The molecule has 0 aliphatic rings. The molecule has 0 aromatic heterocycles. The van der Waals surface area contributed by atoms with Gasteiger partial charge in [-0.3, -0.25) is 4.79 Å². The number of methoxy groups -OCH3 is 1. The maximum atomic E-state index is 11.1. The SMILES string of the molecule is COc1ccccc1CCNC(=O)CN=C=O. The van der Waals surface area contributed by atoms with E-state index in [1.54, 1.807) is 7.11 Å². The molecular formula is C12H14N2O3. The molecule has 1 rings (SSSR count). The predicted octanol–water partition coefficient (Wildman–Crippen LogP) is 0.690. The van der Waals surface area contributed by atoms with Gasteiger partial charge in [-0.1, -0.05) is 18.2 Å². The van der Waals surface area contributed by atoms with Gasteiger partial charge in [0.1, 0.15) is 12.3 Å². The molecule has 0 atom stereocenters. The van der Waals surface area contributed by atoms with E-state index in [0.717, 1.165) is 11.3 Å². The highest BCUT2D eigenvalue weighted by Crippen LogP contribution is 2.16. The molecule has 0 spiro atoms. The Hall–Kier alpha value is -2.13. The number of rotatable bonds is 6. The fourth-order valence-corrected chi connectivity index (χ4v) is 1.41. The topological polar surface area (TPSA) is 67.8 Å². The quantitative estimate of drug-likeness (QED) is 0.581. The number of carbonyl (C=O) groups excluding carboxylic acids is 2. The van der Waals surface area contributed by atoms with Crippen molar-refractivity contribution >= 4 is 12.0 Å². The highest BCUT2D eigenvalue weighted by Gasteiger charge is 2.03. The van der Waals surface area contributed by atoms with Gasteiger partial charge in [0.15, 0.2) is 0 Å². The average Bonchev–Trinajstić information content (AvgIpc) is 2.37. The van der Waals surface area contributed by atoms with Crippen LogP contribution in [0.15, 0.2) is 29.3 Å². The van der Waals surface area contributed by atoms with Gasteiger partial charge in [0.05, 0.1) is 7.11 Å². The van der Waals surface area contributed by atoms with Crippen molar-refractivity contribution < 1.29 is 14.3 Å². The number of amides is 1. The summed E-state index contributed by atoms with van der Waals surface area (Å²) in [5.41, 5.74) is 1.02. The van der Waals surface area contributed by atoms with Crippen LogP contribution in [0.5, 0.6) is 5.75 Å². The van der Waals surface area contributed by atoms with E-state index < -0.39 is 0 Å². The molecule has 1 N–H and O–H groups in total. The van der Waals surface area contributed by atoms with Crippen LogP contribution in [0.2, 0.25) is 0 Å². The Labute approximate surface area is 99.5 Å². The summed E-state index contributed by atoms with van der Waals surface area (Å²) in [4.78, 5) is 24.1. The van der Waals surface area contributed by atoms with Crippen LogP contribution in [0, 0.1) is 0 Å². The summed E-state index contributed by atoms with van der Waals surface area (Å²) in [7, 11) is 1.61. The maximum Gasteiger partial charge on any atom is 0.242 e. The first-order chi connectivity index (χ1) is 8.27. The Morgan fingerprint density at radius 1 is 1.47 bits per heavy atom. The summed E-state index contributed by atoms with van der Waals surface area (Å²) in [6.07, 6.45) is 1.99. The van der Waals surface area contributed by atoms with Crippen molar-refractivity contribution in [2.75, 3.05) is 20.2 Å². The van der Waals surface area contributed by atoms with Crippen molar-refractivity contribution in [3.63, 3.8) is 0 Å². The number of hydrogen-bond acceptors (Lipinski definition) is 4. The first-order valence-electron chi connectivity index (χ1n) is 5.20. The van der Waals surface area contributed by atoms with Gasteiger partial charge in [0.2, 0.25) is 12.0 Å². The van der Waals surface area contributed by atoms with Crippen molar-refractivity contribution in [3.05, 3.63) is 29.8 Å². The van der Waals surface area contributed by atoms with E-state index in [2.05, 4.69) is 10.3 Å². The number of ether oxygens (including phenoxy) is 1. The number of carbonyl (C=O) groups is 1. The van der Waals surface area contributed by atoms with Gasteiger partial charge in [0.25, 0.3) is 0 Å². The zero-order chi connectivity index (χ0) is 12.5. The number of isocyanates is 1. The van der Waals surface area contributed by atoms with E-state index in [4.69, 9.17) is 4.74 Å². The van der Waals surface area contributed by atoms with E-state index in [0.29, 0.717) is 13.0 Å². The minimum Gasteiger partial charge on any atom is -0.496 e. The standard InChI is InChI=1S/C12H14N2O3/c1-17-11-5-3-2-4-10(11)6-7-14-12(16)8-13-9-15/h2-5H,6-8H2,1H3,(H,14,16). The normalized spacial score (nSPS) is 9.24. The first-order valence-corrected chi connectivity index (χ1v) is 5.20. The summed E-state index contributed by atoms with van der Waals surface area (Å²) in [5, 5.41) is 2.65. The smallest absolute Gasteiger partial charge is 0.242 e. The lowest BCUT2D eigenvalue weighted by atomic mass is 10.1. The Morgan fingerprint density at radius 3 is 2.94 bits per heavy atom.